The fraction of sp³-hybridized carbons (Fsp3) is 0.917. The molecule has 4 N–H and O–H groups in total. The van der Waals surface area contributed by atoms with Gasteiger partial charge in [0, 0.05) is 18.6 Å². The highest BCUT2D eigenvalue weighted by Crippen LogP contribution is 2.32. The van der Waals surface area contributed by atoms with Crippen LogP contribution in [0.1, 0.15) is 39.0 Å². The van der Waals surface area contributed by atoms with Crippen LogP contribution in [0, 0.1) is 0 Å². The number of carbonyl (C=O) groups is 1. The van der Waals surface area contributed by atoms with E-state index in [-0.39, 0.29) is 12.1 Å². The lowest BCUT2D eigenvalue weighted by atomic mass is 9.90. The van der Waals surface area contributed by atoms with Crippen LogP contribution < -0.4 is 10.6 Å². The number of amides is 1. The first-order valence-electron chi connectivity index (χ1n) is 6.70. The Morgan fingerprint density at radius 2 is 1.70 bits per heavy atom. The molecule has 1 rings (SSSR count). The fourth-order valence-electron chi connectivity index (χ4n) is 2.36. The zero-order valence-corrected chi connectivity index (χ0v) is 11.3. The molecule has 1 saturated carbocycles. The summed E-state index contributed by atoms with van der Waals surface area (Å²) in [6, 6.07) is -0.263. The zero-order valence-electron chi connectivity index (χ0n) is 11.3. The molecule has 1 fully saturated rings. The lowest BCUT2D eigenvalue weighted by Gasteiger charge is -2.34. The first-order chi connectivity index (χ1) is 9.18. The molecule has 1 aliphatic carbocycles. The van der Waals surface area contributed by atoms with Gasteiger partial charge in [-0.15, -0.1) is 0 Å². The molecule has 8 heteroatoms. The predicted molar refractivity (Wildman–Crippen MR) is 66.5 cm³/mol. The Hall–Kier alpha value is -1.02. The summed E-state index contributed by atoms with van der Waals surface area (Å²) in [6.07, 6.45) is -3.80. The Labute approximate surface area is 115 Å². The van der Waals surface area contributed by atoms with Gasteiger partial charge in [-0.1, -0.05) is 6.92 Å². The van der Waals surface area contributed by atoms with E-state index < -0.39 is 30.8 Å². The van der Waals surface area contributed by atoms with Gasteiger partial charge in [0.05, 0.1) is 0 Å². The van der Waals surface area contributed by atoms with Crippen molar-refractivity contribution in [1.82, 2.24) is 10.6 Å². The number of hydrogen-bond donors (Lipinski definition) is 4. The van der Waals surface area contributed by atoms with E-state index in [0.717, 1.165) is 0 Å². The quantitative estimate of drug-likeness (QED) is 0.624. The van der Waals surface area contributed by atoms with Gasteiger partial charge in [0.2, 0.25) is 0 Å². The highest BCUT2D eigenvalue weighted by Gasteiger charge is 2.52. The van der Waals surface area contributed by atoms with Crippen molar-refractivity contribution in [1.29, 1.82) is 0 Å². The molecular formula is C12H21F3N2O3. The van der Waals surface area contributed by atoms with Crippen LogP contribution in [0.3, 0.4) is 0 Å². The van der Waals surface area contributed by atoms with Gasteiger partial charge >= 0.3 is 12.3 Å². The van der Waals surface area contributed by atoms with Crippen LogP contribution in [-0.2, 0) is 0 Å². The van der Waals surface area contributed by atoms with Crippen LogP contribution in [0.2, 0.25) is 0 Å². The van der Waals surface area contributed by atoms with E-state index in [2.05, 4.69) is 10.6 Å². The normalized spacial score (nSPS) is 26.9. The summed E-state index contributed by atoms with van der Waals surface area (Å²) >= 11 is 0. The summed E-state index contributed by atoms with van der Waals surface area (Å²) in [5.41, 5.74) is -2.71. The minimum absolute atomic E-state index is 0.123. The van der Waals surface area contributed by atoms with Gasteiger partial charge in [0.1, 0.15) is 0 Å². The SMILES string of the molecule is CCC(O)(CNC1CCC(NC(=O)O)CC1)C(F)(F)F. The molecule has 1 aliphatic rings. The molecule has 0 bridgehead atoms. The van der Waals surface area contributed by atoms with Crippen molar-refractivity contribution in [3.63, 3.8) is 0 Å². The van der Waals surface area contributed by atoms with Crippen molar-refractivity contribution in [2.75, 3.05) is 6.54 Å². The van der Waals surface area contributed by atoms with Crippen molar-refractivity contribution >= 4 is 6.09 Å². The average Bonchev–Trinajstić information content (AvgIpc) is 2.35. The second kappa shape index (κ2) is 6.62. The number of hydrogen-bond acceptors (Lipinski definition) is 3. The number of rotatable bonds is 5. The maximum Gasteiger partial charge on any atom is 0.418 e. The molecule has 0 aromatic carbocycles. The smallest absolute Gasteiger partial charge is 0.418 e. The van der Waals surface area contributed by atoms with Crippen molar-refractivity contribution < 1.29 is 28.2 Å². The summed E-state index contributed by atoms with van der Waals surface area (Å²) < 4.78 is 38.1. The number of carboxylic acid groups (broad SMARTS) is 1. The molecule has 1 amide bonds. The first-order valence-corrected chi connectivity index (χ1v) is 6.70. The lowest BCUT2D eigenvalue weighted by Crippen LogP contribution is -2.54. The second-order valence-electron chi connectivity index (χ2n) is 5.26. The monoisotopic (exact) mass is 298 g/mol. The van der Waals surface area contributed by atoms with Gasteiger partial charge in [-0.2, -0.15) is 13.2 Å². The molecule has 0 aromatic rings. The Kier molecular flexibility index (Phi) is 5.64. The summed E-state index contributed by atoms with van der Waals surface area (Å²) in [6.45, 7) is 0.761. The molecule has 0 heterocycles. The van der Waals surface area contributed by atoms with Crippen LogP contribution in [0.5, 0.6) is 0 Å². The van der Waals surface area contributed by atoms with E-state index in [1.165, 1.54) is 6.92 Å². The summed E-state index contributed by atoms with van der Waals surface area (Å²) in [7, 11) is 0. The molecule has 0 aromatic heterocycles. The van der Waals surface area contributed by atoms with Gasteiger partial charge in [0.25, 0.3) is 0 Å². The summed E-state index contributed by atoms with van der Waals surface area (Å²) in [4.78, 5) is 10.5. The van der Waals surface area contributed by atoms with Crippen LogP contribution >= 0.6 is 0 Å². The zero-order chi connectivity index (χ0) is 15.4. The van der Waals surface area contributed by atoms with Crippen LogP contribution in [-0.4, -0.2) is 46.7 Å². The molecular weight excluding hydrogens is 277 g/mol. The van der Waals surface area contributed by atoms with Crippen LogP contribution in [0.15, 0.2) is 0 Å². The van der Waals surface area contributed by atoms with E-state index in [1.54, 1.807) is 0 Å². The maximum absolute atomic E-state index is 12.7. The van der Waals surface area contributed by atoms with E-state index >= 15 is 0 Å². The fourth-order valence-corrected chi connectivity index (χ4v) is 2.36. The van der Waals surface area contributed by atoms with E-state index in [9.17, 15) is 23.1 Å². The van der Waals surface area contributed by atoms with Gasteiger partial charge < -0.3 is 20.8 Å². The highest BCUT2D eigenvalue weighted by atomic mass is 19.4. The van der Waals surface area contributed by atoms with E-state index in [0.29, 0.717) is 25.7 Å². The third-order valence-corrected chi connectivity index (χ3v) is 3.85. The minimum atomic E-state index is -4.66. The average molecular weight is 298 g/mol. The minimum Gasteiger partial charge on any atom is -0.465 e. The van der Waals surface area contributed by atoms with E-state index in [4.69, 9.17) is 5.11 Å². The van der Waals surface area contributed by atoms with E-state index in [1.807, 2.05) is 0 Å². The van der Waals surface area contributed by atoms with Gasteiger partial charge in [-0.3, -0.25) is 0 Å². The molecule has 0 radical (unpaired) electrons. The molecule has 20 heavy (non-hydrogen) atoms. The third kappa shape index (κ3) is 4.52. The Balaban J connectivity index is 2.39. The lowest BCUT2D eigenvalue weighted by molar-refractivity contribution is -0.259. The molecule has 1 atom stereocenters. The first kappa shape index (κ1) is 17.0. The summed E-state index contributed by atoms with van der Waals surface area (Å²) in [5.74, 6) is 0. The number of halogens is 3. The molecule has 0 spiro atoms. The molecule has 1 unspecified atom stereocenters. The maximum atomic E-state index is 12.7. The molecule has 118 valence electrons. The van der Waals surface area contributed by atoms with Crippen molar-refractivity contribution in [2.45, 2.75) is 62.9 Å². The third-order valence-electron chi connectivity index (χ3n) is 3.85. The van der Waals surface area contributed by atoms with Crippen LogP contribution in [0.4, 0.5) is 18.0 Å². The Morgan fingerprint density at radius 1 is 1.20 bits per heavy atom. The van der Waals surface area contributed by atoms with Gasteiger partial charge in [-0.25, -0.2) is 4.79 Å². The Morgan fingerprint density at radius 3 is 2.10 bits per heavy atom. The second-order valence-corrected chi connectivity index (χ2v) is 5.26. The number of nitrogens with one attached hydrogen (secondary N) is 2. The molecule has 0 saturated heterocycles. The van der Waals surface area contributed by atoms with Crippen molar-refractivity contribution in [3.05, 3.63) is 0 Å². The van der Waals surface area contributed by atoms with Gasteiger partial charge in [-0.05, 0) is 32.1 Å². The standard InChI is InChI=1S/C12H21F3N2O3/c1-2-11(20,12(13,14)15)7-16-8-3-5-9(6-4-8)17-10(18)19/h8-9,16-17,20H,2-7H2,1H3,(H,18,19). The predicted octanol–water partition coefficient (Wildman–Crippen LogP) is 1.86. The molecule has 0 aliphatic heterocycles. The topological polar surface area (TPSA) is 81.6 Å². The highest BCUT2D eigenvalue weighted by molar-refractivity contribution is 5.64. The molecule has 5 nitrogen and oxygen atoms in total. The van der Waals surface area contributed by atoms with Gasteiger partial charge in [0.15, 0.2) is 5.60 Å². The largest absolute Gasteiger partial charge is 0.465 e. The number of alkyl halides is 3. The van der Waals surface area contributed by atoms with Crippen molar-refractivity contribution in [2.24, 2.45) is 0 Å². The number of aliphatic hydroxyl groups is 1. The summed E-state index contributed by atoms with van der Waals surface area (Å²) in [5, 5.41) is 23.3. The van der Waals surface area contributed by atoms with Crippen LogP contribution in [0.25, 0.3) is 0 Å². The Bertz CT molecular complexity index is 330. The van der Waals surface area contributed by atoms with Crippen molar-refractivity contribution in [3.8, 4) is 0 Å².